The van der Waals surface area contributed by atoms with E-state index in [9.17, 15) is 4.79 Å². The third-order valence-corrected chi connectivity index (χ3v) is 4.92. The zero-order valence-corrected chi connectivity index (χ0v) is 14.0. The van der Waals surface area contributed by atoms with Gasteiger partial charge in [-0.1, -0.05) is 24.3 Å². The fourth-order valence-corrected chi connectivity index (χ4v) is 3.69. The van der Waals surface area contributed by atoms with E-state index in [4.69, 9.17) is 0 Å². The summed E-state index contributed by atoms with van der Waals surface area (Å²) in [4.78, 5) is 22.0. The average molecular weight is 323 g/mol. The predicted octanol–water partition coefficient (Wildman–Crippen LogP) is 2.17. The molecule has 0 spiro atoms. The Hall–Kier alpha value is -2.47. The Morgan fingerprint density at radius 1 is 1.38 bits per heavy atom. The van der Waals surface area contributed by atoms with Crippen molar-refractivity contribution in [1.82, 2.24) is 24.6 Å². The van der Waals surface area contributed by atoms with Gasteiger partial charge in [-0.3, -0.25) is 14.4 Å². The first kappa shape index (κ1) is 15.1. The largest absolute Gasteiger partial charge is 0.309 e. The second kappa shape index (κ2) is 5.87. The summed E-state index contributed by atoms with van der Waals surface area (Å²) in [6.07, 6.45) is 5.03. The maximum absolute atomic E-state index is 12.2. The van der Waals surface area contributed by atoms with Crippen LogP contribution in [0.4, 0.5) is 0 Å². The van der Waals surface area contributed by atoms with Crippen molar-refractivity contribution < 1.29 is 0 Å². The highest BCUT2D eigenvalue weighted by Crippen LogP contribution is 2.33. The van der Waals surface area contributed by atoms with Gasteiger partial charge in [0, 0.05) is 13.1 Å². The molecule has 0 radical (unpaired) electrons. The Bertz CT molecular complexity index is 942. The SMILES string of the molecule is CN(Cc1nc2c(cnn2C)c(=O)[nH]1)[C@H]1CCCc2ccccc21. The van der Waals surface area contributed by atoms with Gasteiger partial charge in [0.25, 0.3) is 5.56 Å². The van der Waals surface area contributed by atoms with Crippen LogP contribution in [0.3, 0.4) is 0 Å². The number of benzene rings is 1. The first-order chi connectivity index (χ1) is 11.6. The summed E-state index contributed by atoms with van der Waals surface area (Å²) in [7, 11) is 3.90. The molecule has 6 nitrogen and oxygen atoms in total. The summed E-state index contributed by atoms with van der Waals surface area (Å²) in [5.74, 6) is 0.682. The number of hydrogen-bond donors (Lipinski definition) is 1. The lowest BCUT2D eigenvalue weighted by Crippen LogP contribution is -2.29. The van der Waals surface area contributed by atoms with E-state index in [2.05, 4.69) is 51.3 Å². The van der Waals surface area contributed by atoms with Crippen molar-refractivity contribution in [3.63, 3.8) is 0 Å². The monoisotopic (exact) mass is 323 g/mol. The molecule has 1 atom stereocenters. The predicted molar refractivity (Wildman–Crippen MR) is 92.7 cm³/mol. The van der Waals surface area contributed by atoms with Crippen molar-refractivity contribution in [3.05, 3.63) is 57.8 Å². The van der Waals surface area contributed by atoms with Gasteiger partial charge >= 0.3 is 0 Å². The molecule has 1 aliphatic carbocycles. The highest BCUT2D eigenvalue weighted by Gasteiger charge is 2.24. The van der Waals surface area contributed by atoms with Gasteiger partial charge in [-0.05, 0) is 37.4 Å². The minimum absolute atomic E-state index is 0.124. The smallest absolute Gasteiger partial charge is 0.262 e. The lowest BCUT2D eigenvalue weighted by molar-refractivity contribution is 0.208. The fourth-order valence-electron chi connectivity index (χ4n) is 3.69. The van der Waals surface area contributed by atoms with Crippen molar-refractivity contribution in [3.8, 4) is 0 Å². The van der Waals surface area contributed by atoms with E-state index in [1.54, 1.807) is 17.9 Å². The second-order valence-corrected chi connectivity index (χ2v) is 6.54. The molecular weight excluding hydrogens is 302 g/mol. The highest BCUT2D eigenvalue weighted by molar-refractivity contribution is 5.72. The van der Waals surface area contributed by atoms with Crippen LogP contribution in [0.2, 0.25) is 0 Å². The number of fused-ring (bicyclic) bond motifs is 2. The molecule has 4 rings (SSSR count). The normalized spacial score (nSPS) is 17.4. The van der Waals surface area contributed by atoms with Crippen LogP contribution in [0.5, 0.6) is 0 Å². The van der Waals surface area contributed by atoms with E-state index in [-0.39, 0.29) is 5.56 Å². The lowest BCUT2D eigenvalue weighted by atomic mass is 9.87. The van der Waals surface area contributed by atoms with Crippen LogP contribution in [-0.2, 0) is 20.0 Å². The molecule has 2 heterocycles. The topological polar surface area (TPSA) is 66.8 Å². The van der Waals surface area contributed by atoms with Crippen molar-refractivity contribution in [1.29, 1.82) is 0 Å². The van der Waals surface area contributed by atoms with Crippen LogP contribution >= 0.6 is 0 Å². The molecule has 0 aliphatic heterocycles. The molecule has 6 heteroatoms. The zero-order chi connectivity index (χ0) is 16.7. The van der Waals surface area contributed by atoms with E-state index in [1.165, 1.54) is 17.5 Å². The van der Waals surface area contributed by atoms with Gasteiger partial charge in [0.1, 0.15) is 11.2 Å². The van der Waals surface area contributed by atoms with Crippen LogP contribution in [0, 0.1) is 0 Å². The molecule has 124 valence electrons. The number of rotatable bonds is 3. The third-order valence-electron chi connectivity index (χ3n) is 4.92. The maximum atomic E-state index is 12.2. The molecule has 0 bridgehead atoms. The minimum Gasteiger partial charge on any atom is -0.309 e. The highest BCUT2D eigenvalue weighted by atomic mass is 16.1. The minimum atomic E-state index is -0.124. The van der Waals surface area contributed by atoms with Crippen LogP contribution in [-0.4, -0.2) is 31.7 Å². The standard InChI is InChI=1S/C18H21N5O/c1-22(15-9-5-7-12-6-3-4-8-13(12)15)11-16-20-17-14(18(24)21-16)10-19-23(17)2/h3-4,6,8,10,15H,5,7,9,11H2,1-2H3,(H,20,21,24)/t15-/m0/s1. The first-order valence-corrected chi connectivity index (χ1v) is 8.32. The average Bonchev–Trinajstić information content (AvgIpc) is 2.96. The molecule has 0 amide bonds. The Balaban J connectivity index is 1.64. The number of nitrogens with one attached hydrogen (secondary N) is 1. The van der Waals surface area contributed by atoms with Crippen LogP contribution in [0.15, 0.2) is 35.3 Å². The van der Waals surface area contributed by atoms with Gasteiger partial charge in [-0.2, -0.15) is 5.10 Å². The molecule has 3 aromatic rings. The van der Waals surface area contributed by atoms with Gasteiger partial charge in [0.2, 0.25) is 0 Å². The number of hydrogen-bond acceptors (Lipinski definition) is 4. The van der Waals surface area contributed by atoms with E-state index in [0.29, 0.717) is 29.4 Å². The van der Waals surface area contributed by atoms with Crippen molar-refractivity contribution >= 4 is 11.0 Å². The Morgan fingerprint density at radius 2 is 2.21 bits per heavy atom. The molecular formula is C18H21N5O. The molecule has 2 aromatic heterocycles. The summed E-state index contributed by atoms with van der Waals surface area (Å²) in [6.45, 7) is 0.607. The molecule has 1 aliphatic rings. The van der Waals surface area contributed by atoms with Gasteiger partial charge in [0.05, 0.1) is 12.7 Å². The van der Waals surface area contributed by atoms with Crippen molar-refractivity contribution in [2.45, 2.75) is 31.8 Å². The molecule has 24 heavy (non-hydrogen) atoms. The van der Waals surface area contributed by atoms with E-state index < -0.39 is 0 Å². The van der Waals surface area contributed by atoms with E-state index in [0.717, 1.165) is 12.8 Å². The number of H-pyrrole nitrogens is 1. The second-order valence-electron chi connectivity index (χ2n) is 6.54. The molecule has 0 unspecified atom stereocenters. The maximum Gasteiger partial charge on any atom is 0.262 e. The molecule has 0 fully saturated rings. The number of nitrogens with zero attached hydrogens (tertiary/aromatic N) is 4. The zero-order valence-electron chi connectivity index (χ0n) is 14.0. The van der Waals surface area contributed by atoms with Crippen LogP contribution in [0.1, 0.15) is 35.8 Å². The van der Waals surface area contributed by atoms with Gasteiger partial charge in [-0.25, -0.2) is 4.98 Å². The molecule has 1 N–H and O–H groups in total. The summed E-state index contributed by atoms with van der Waals surface area (Å²) in [6, 6.07) is 9.01. The number of aromatic amines is 1. The number of aryl methyl sites for hydroxylation is 2. The fraction of sp³-hybridized carbons (Fsp3) is 0.389. The van der Waals surface area contributed by atoms with E-state index in [1.807, 2.05) is 0 Å². The molecule has 1 aromatic carbocycles. The quantitative estimate of drug-likeness (QED) is 0.802. The summed E-state index contributed by atoms with van der Waals surface area (Å²) < 4.78 is 1.64. The van der Waals surface area contributed by atoms with Crippen LogP contribution in [0.25, 0.3) is 11.0 Å². The summed E-state index contributed by atoms with van der Waals surface area (Å²) in [5, 5.41) is 4.65. The van der Waals surface area contributed by atoms with Gasteiger partial charge < -0.3 is 4.98 Å². The van der Waals surface area contributed by atoms with Crippen molar-refractivity contribution in [2.75, 3.05) is 7.05 Å². The molecule has 0 saturated carbocycles. The first-order valence-electron chi connectivity index (χ1n) is 8.32. The Kier molecular flexibility index (Phi) is 3.69. The lowest BCUT2D eigenvalue weighted by Gasteiger charge is -2.33. The Morgan fingerprint density at radius 3 is 3.08 bits per heavy atom. The van der Waals surface area contributed by atoms with E-state index >= 15 is 0 Å². The van der Waals surface area contributed by atoms with Gasteiger partial charge in [0.15, 0.2) is 5.65 Å². The van der Waals surface area contributed by atoms with Crippen LogP contribution < -0.4 is 5.56 Å². The van der Waals surface area contributed by atoms with Crippen molar-refractivity contribution in [2.24, 2.45) is 7.05 Å². The van der Waals surface area contributed by atoms with Gasteiger partial charge in [-0.15, -0.1) is 0 Å². The molecule has 0 saturated heterocycles. The third kappa shape index (κ3) is 2.53. The Labute approximate surface area is 140 Å². The number of aromatic nitrogens is 4. The summed E-state index contributed by atoms with van der Waals surface area (Å²) >= 11 is 0. The summed E-state index contributed by atoms with van der Waals surface area (Å²) in [5.41, 5.74) is 3.34.